The Morgan fingerprint density at radius 1 is 1.47 bits per heavy atom. The van der Waals surface area contributed by atoms with Crippen molar-refractivity contribution >= 4 is 5.91 Å². The third kappa shape index (κ3) is 3.96. The van der Waals surface area contributed by atoms with Crippen LogP contribution in [0.15, 0.2) is 24.3 Å². The normalized spacial score (nSPS) is 18.9. The minimum Gasteiger partial charge on any atom is -0.494 e. The van der Waals surface area contributed by atoms with Crippen molar-refractivity contribution in [3.63, 3.8) is 0 Å². The molecular formula is C15H22N2O2. The van der Waals surface area contributed by atoms with Gasteiger partial charge in [0.05, 0.1) is 6.61 Å². The van der Waals surface area contributed by atoms with E-state index >= 15 is 0 Å². The fourth-order valence-corrected chi connectivity index (χ4v) is 2.29. The molecule has 1 aliphatic heterocycles. The van der Waals surface area contributed by atoms with Gasteiger partial charge in [-0.15, -0.1) is 0 Å². The first kappa shape index (κ1) is 13.9. The quantitative estimate of drug-likeness (QED) is 0.846. The van der Waals surface area contributed by atoms with Gasteiger partial charge < -0.3 is 15.4 Å². The van der Waals surface area contributed by atoms with Gasteiger partial charge in [-0.1, -0.05) is 19.1 Å². The summed E-state index contributed by atoms with van der Waals surface area (Å²) in [5.74, 6) is 1.08. The van der Waals surface area contributed by atoms with E-state index in [-0.39, 0.29) is 11.9 Å². The van der Waals surface area contributed by atoms with Gasteiger partial charge in [-0.25, -0.2) is 0 Å². The standard InChI is InChI=1S/C15H22N2O2/c1-2-8-19-14-5-3-4-12(9-14)6-7-17-11-13(16)10-15(17)18/h3-5,9,13H,2,6-8,10-11,16H2,1H3. The van der Waals surface area contributed by atoms with Gasteiger partial charge in [0.15, 0.2) is 0 Å². The van der Waals surface area contributed by atoms with Crippen LogP contribution in [0.25, 0.3) is 0 Å². The summed E-state index contributed by atoms with van der Waals surface area (Å²) in [5.41, 5.74) is 6.98. The molecule has 1 fully saturated rings. The van der Waals surface area contributed by atoms with E-state index in [1.807, 2.05) is 17.0 Å². The molecule has 1 unspecified atom stereocenters. The van der Waals surface area contributed by atoms with Crippen molar-refractivity contribution in [2.24, 2.45) is 5.73 Å². The first-order valence-corrected chi connectivity index (χ1v) is 6.94. The highest BCUT2D eigenvalue weighted by atomic mass is 16.5. The van der Waals surface area contributed by atoms with Gasteiger partial charge >= 0.3 is 0 Å². The number of rotatable bonds is 6. The van der Waals surface area contributed by atoms with Gasteiger partial charge in [-0.2, -0.15) is 0 Å². The van der Waals surface area contributed by atoms with Crippen LogP contribution in [0.4, 0.5) is 0 Å². The zero-order chi connectivity index (χ0) is 13.7. The van der Waals surface area contributed by atoms with Crippen LogP contribution in [0, 0.1) is 0 Å². The molecule has 1 saturated heterocycles. The number of hydrogen-bond acceptors (Lipinski definition) is 3. The number of ether oxygens (including phenoxy) is 1. The summed E-state index contributed by atoms with van der Waals surface area (Å²) in [7, 11) is 0. The first-order chi connectivity index (χ1) is 9.19. The molecule has 1 heterocycles. The summed E-state index contributed by atoms with van der Waals surface area (Å²) in [4.78, 5) is 13.5. The Hall–Kier alpha value is -1.55. The van der Waals surface area contributed by atoms with E-state index in [2.05, 4.69) is 19.1 Å². The summed E-state index contributed by atoms with van der Waals surface area (Å²) in [5, 5.41) is 0. The maximum atomic E-state index is 11.6. The molecule has 4 nitrogen and oxygen atoms in total. The predicted octanol–water partition coefficient (Wildman–Crippen LogP) is 1.58. The molecule has 0 saturated carbocycles. The SMILES string of the molecule is CCCOc1cccc(CCN2CC(N)CC2=O)c1. The smallest absolute Gasteiger partial charge is 0.224 e. The zero-order valence-corrected chi connectivity index (χ0v) is 11.5. The van der Waals surface area contributed by atoms with Crippen LogP contribution < -0.4 is 10.5 Å². The summed E-state index contributed by atoms with van der Waals surface area (Å²) >= 11 is 0. The Balaban J connectivity index is 1.87. The van der Waals surface area contributed by atoms with Crippen LogP contribution >= 0.6 is 0 Å². The van der Waals surface area contributed by atoms with Crippen LogP contribution in [-0.2, 0) is 11.2 Å². The van der Waals surface area contributed by atoms with Gasteiger partial charge in [0.1, 0.15) is 5.75 Å². The number of amides is 1. The van der Waals surface area contributed by atoms with Crippen molar-refractivity contribution in [1.29, 1.82) is 0 Å². The van der Waals surface area contributed by atoms with Crippen molar-refractivity contribution in [2.75, 3.05) is 19.7 Å². The highest BCUT2D eigenvalue weighted by Gasteiger charge is 2.26. The van der Waals surface area contributed by atoms with Crippen LogP contribution in [-0.4, -0.2) is 36.5 Å². The van der Waals surface area contributed by atoms with E-state index in [0.29, 0.717) is 13.0 Å². The lowest BCUT2D eigenvalue weighted by Gasteiger charge is -2.16. The second-order valence-corrected chi connectivity index (χ2v) is 5.05. The molecule has 1 aliphatic rings. The molecule has 1 amide bonds. The van der Waals surface area contributed by atoms with Crippen molar-refractivity contribution in [2.45, 2.75) is 32.2 Å². The molecule has 1 aromatic carbocycles. The van der Waals surface area contributed by atoms with Gasteiger partial charge in [0, 0.05) is 25.6 Å². The van der Waals surface area contributed by atoms with Crippen molar-refractivity contribution in [1.82, 2.24) is 4.90 Å². The Bertz CT molecular complexity index is 434. The van der Waals surface area contributed by atoms with Gasteiger partial charge in [-0.05, 0) is 30.5 Å². The van der Waals surface area contributed by atoms with E-state index < -0.39 is 0 Å². The molecule has 0 radical (unpaired) electrons. The Kier molecular flexibility index (Phi) is 4.80. The largest absolute Gasteiger partial charge is 0.494 e. The van der Waals surface area contributed by atoms with E-state index in [1.54, 1.807) is 0 Å². The number of nitrogens with two attached hydrogens (primary N) is 1. The molecule has 1 aromatic rings. The average molecular weight is 262 g/mol. The number of hydrogen-bond donors (Lipinski definition) is 1. The highest BCUT2D eigenvalue weighted by Crippen LogP contribution is 2.16. The number of likely N-dealkylation sites (tertiary alicyclic amines) is 1. The third-order valence-electron chi connectivity index (χ3n) is 3.29. The molecule has 0 spiro atoms. The maximum absolute atomic E-state index is 11.6. The number of nitrogens with zero attached hydrogens (tertiary/aromatic N) is 1. The van der Waals surface area contributed by atoms with Crippen molar-refractivity contribution in [3.05, 3.63) is 29.8 Å². The molecule has 104 valence electrons. The van der Waals surface area contributed by atoms with E-state index in [1.165, 1.54) is 5.56 Å². The van der Waals surface area contributed by atoms with Gasteiger partial charge in [0.25, 0.3) is 0 Å². The second-order valence-electron chi connectivity index (χ2n) is 5.05. The fraction of sp³-hybridized carbons (Fsp3) is 0.533. The van der Waals surface area contributed by atoms with E-state index in [0.717, 1.165) is 31.7 Å². The van der Waals surface area contributed by atoms with Gasteiger partial charge in [-0.3, -0.25) is 4.79 Å². The highest BCUT2D eigenvalue weighted by molar-refractivity contribution is 5.79. The molecule has 19 heavy (non-hydrogen) atoms. The first-order valence-electron chi connectivity index (χ1n) is 6.94. The second kappa shape index (κ2) is 6.57. The summed E-state index contributed by atoms with van der Waals surface area (Å²) in [6.45, 7) is 4.25. The lowest BCUT2D eigenvalue weighted by Crippen LogP contribution is -2.30. The molecule has 4 heteroatoms. The summed E-state index contributed by atoms with van der Waals surface area (Å²) in [6, 6.07) is 8.09. The summed E-state index contributed by atoms with van der Waals surface area (Å²) < 4.78 is 5.61. The Morgan fingerprint density at radius 2 is 2.32 bits per heavy atom. The Labute approximate surface area is 114 Å². The lowest BCUT2D eigenvalue weighted by atomic mass is 10.1. The molecule has 0 aliphatic carbocycles. The van der Waals surface area contributed by atoms with Crippen LogP contribution in [0.1, 0.15) is 25.3 Å². The molecule has 0 aromatic heterocycles. The zero-order valence-electron chi connectivity index (χ0n) is 11.5. The monoisotopic (exact) mass is 262 g/mol. The van der Waals surface area contributed by atoms with Crippen molar-refractivity contribution < 1.29 is 9.53 Å². The molecule has 2 rings (SSSR count). The van der Waals surface area contributed by atoms with Crippen LogP contribution in [0.2, 0.25) is 0 Å². The fourth-order valence-electron chi connectivity index (χ4n) is 2.29. The molecular weight excluding hydrogens is 240 g/mol. The average Bonchev–Trinajstić information content (AvgIpc) is 2.73. The summed E-state index contributed by atoms with van der Waals surface area (Å²) in [6.07, 6.45) is 2.34. The maximum Gasteiger partial charge on any atom is 0.224 e. The minimum atomic E-state index is 0.00622. The molecule has 1 atom stereocenters. The molecule has 2 N–H and O–H groups in total. The van der Waals surface area contributed by atoms with Crippen molar-refractivity contribution in [3.8, 4) is 5.75 Å². The van der Waals surface area contributed by atoms with Gasteiger partial charge in [0.2, 0.25) is 5.91 Å². The topological polar surface area (TPSA) is 55.6 Å². The predicted molar refractivity (Wildman–Crippen MR) is 75.1 cm³/mol. The van der Waals surface area contributed by atoms with Crippen LogP contribution in [0.5, 0.6) is 5.75 Å². The Morgan fingerprint density at radius 3 is 3.00 bits per heavy atom. The molecule has 0 bridgehead atoms. The van der Waals surface area contributed by atoms with Crippen LogP contribution in [0.3, 0.4) is 0 Å². The number of benzene rings is 1. The third-order valence-corrected chi connectivity index (χ3v) is 3.29. The van der Waals surface area contributed by atoms with E-state index in [9.17, 15) is 4.79 Å². The number of carbonyl (C=O) groups is 1. The van der Waals surface area contributed by atoms with E-state index in [4.69, 9.17) is 10.5 Å². The number of carbonyl (C=O) groups excluding carboxylic acids is 1. The minimum absolute atomic E-state index is 0.00622. The lowest BCUT2D eigenvalue weighted by molar-refractivity contribution is -0.127.